The molecule has 1 aromatic rings. The number of aliphatic hydroxyl groups is 1. The highest BCUT2D eigenvalue weighted by Gasteiger charge is 2.33. The Morgan fingerprint density at radius 2 is 2.33 bits per heavy atom. The van der Waals surface area contributed by atoms with Crippen LogP contribution in [0.4, 0.5) is 0 Å². The summed E-state index contributed by atoms with van der Waals surface area (Å²) in [4.78, 5) is 6.60. The molecule has 1 unspecified atom stereocenters. The summed E-state index contributed by atoms with van der Waals surface area (Å²) in [6.07, 6.45) is 2.63. The SMILES string of the molecule is CN1CCCC(O)(c2nc(Br)cs2)CC1. The first-order valence-electron chi connectivity index (χ1n) is 5.13. The standard InChI is InChI=1S/C10H15BrN2OS/c1-13-5-2-3-10(14,4-6-13)9-12-8(11)7-15-9/h7,14H,2-6H2,1H3. The van der Waals surface area contributed by atoms with Gasteiger partial charge in [0.2, 0.25) is 0 Å². The second-order valence-corrected chi connectivity index (χ2v) is 5.83. The lowest BCUT2D eigenvalue weighted by Gasteiger charge is -2.23. The van der Waals surface area contributed by atoms with Crippen LogP contribution >= 0.6 is 27.3 Å². The van der Waals surface area contributed by atoms with Gasteiger partial charge in [0.25, 0.3) is 0 Å². The van der Waals surface area contributed by atoms with E-state index in [1.54, 1.807) is 0 Å². The number of hydrogen-bond acceptors (Lipinski definition) is 4. The van der Waals surface area contributed by atoms with Crippen LogP contribution in [0.3, 0.4) is 0 Å². The second-order valence-electron chi connectivity index (χ2n) is 4.16. The highest BCUT2D eigenvalue weighted by molar-refractivity contribution is 9.10. The molecule has 3 nitrogen and oxygen atoms in total. The Balaban J connectivity index is 2.18. The van der Waals surface area contributed by atoms with Crippen LogP contribution in [0.25, 0.3) is 0 Å². The molecular weight excluding hydrogens is 276 g/mol. The van der Waals surface area contributed by atoms with Crippen LogP contribution in [0, 0.1) is 0 Å². The highest BCUT2D eigenvalue weighted by Crippen LogP contribution is 2.35. The van der Waals surface area contributed by atoms with Crippen molar-refractivity contribution in [2.24, 2.45) is 0 Å². The average Bonchev–Trinajstić information content (AvgIpc) is 2.55. The number of thiazole rings is 1. The van der Waals surface area contributed by atoms with Gasteiger partial charge in [0.1, 0.15) is 15.2 Å². The molecule has 1 aliphatic rings. The van der Waals surface area contributed by atoms with Crippen molar-refractivity contribution in [3.8, 4) is 0 Å². The molecule has 84 valence electrons. The normalized spacial score (nSPS) is 29.0. The van der Waals surface area contributed by atoms with Gasteiger partial charge < -0.3 is 10.0 Å². The summed E-state index contributed by atoms with van der Waals surface area (Å²) in [5.74, 6) is 0. The summed E-state index contributed by atoms with van der Waals surface area (Å²) in [7, 11) is 2.10. The minimum atomic E-state index is -0.707. The van der Waals surface area contributed by atoms with Crippen molar-refractivity contribution in [1.29, 1.82) is 0 Å². The number of nitrogens with zero attached hydrogens (tertiary/aromatic N) is 2. The molecule has 2 rings (SSSR count). The van der Waals surface area contributed by atoms with Gasteiger partial charge in [-0.05, 0) is 48.8 Å². The second kappa shape index (κ2) is 4.49. The van der Waals surface area contributed by atoms with E-state index in [9.17, 15) is 5.11 Å². The quantitative estimate of drug-likeness (QED) is 0.862. The largest absolute Gasteiger partial charge is 0.383 e. The lowest BCUT2D eigenvalue weighted by molar-refractivity contribution is 0.0215. The highest BCUT2D eigenvalue weighted by atomic mass is 79.9. The van der Waals surface area contributed by atoms with Crippen molar-refractivity contribution in [3.05, 3.63) is 15.0 Å². The van der Waals surface area contributed by atoms with E-state index in [0.29, 0.717) is 0 Å². The molecule has 0 spiro atoms. The molecule has 1 aliphatic heterocycles. The fourth-order valence-electron chi connectivity index (χ4n) is 1.94. The number of aromatic nitrogens is 1. The first-order valence-corrected chi connectivity index (χ1v) is 6.80. The zero-order valence-corrected chi connectivity index (χ0v) is 11.1. The van der Waals surface area contributed by atoms with Crippen molar-refractivity contribution in [3.63, 3.8) is 0 Å². The molecule has 0 aromatic carbocycles. The maximum atomic E-state index is 10.6. The third kappa shape index (κ3) is 2.58. The van der Waals surface area contributed by atoms with Gasteiger partial charge in [-0.25, -0.2) is 4.98 Å². The predicted molar refractivity (Wildman–Crippen MR) is 65.1 cm³/mol. The summed E-state index contributed by atoms with van der Waals surface area (Å²) in [5.41, 5.74) is -0.707. The fraction of sp³-hybridized carbons (Fsp3) is 0.700. The Morgan fingerprint density at radius 1 is 1.53 bits per heavy atom. The molecule has 1 aromatic heterocycles. The molecule has 2 heterocycles. The first kappa shape index (κ1) is 11.5. The number of hydrogen-bond donors (Lipinski definition) is 1. The van der Waals surface area contributed by atoms with E-state index in [-0.39, 0.29) is 0 Å². The summed E-state index contributed by atoms with van der Waals surface area (Å²) in [5, 5.41) is 13.3. The first-order chi connectivity index (χ1) is 7.10. The summed E-state index contributed by atoms with van der Waals surface area (Å²) < 4.78 is 0.827. The molecule has 0 amide bonds. The van der Waals surface area contributed by atoms with Crippen LogP contribution in [-0.2, 0) is 5.60 Å². The molecular formula is C10H15BrN2OS. The molecule has 1 atom stereocenters. The summed E-state index contributed by atoms with van der Waals surface area (Å²) in [6, 6.07) is 0. The van der Waals surface area contributed by atoms with E-state index >= 15 is 0 Å². The van der Waals surface area contributed by atoms with Gasteiger partial charge in [0.15, 0.2) is 0 Å². The Hall–Kier alpha value is 0.0300. The Labute approximate surface area is 102 Å². The Morgan fingerprint density at radius 3 is 3.00 bits per heavy atom. The van der Waals surface area contributed by atoms with Crippen molar-refractivity contribution in [2.45, 2.75) is 24.9 Å². The van der Waals surface area contributed by atoms with Crippen molar-refractivity contribution >= 4 is 27.3 Å². The van der Waals surface area contributed by atoms with E-state index in [0.717, 1.165) is 42.0 Å². The van der Waals surface area contributed by atoms with Crippen LogP contribution < -0.4 is 0 Å². The van der Waals surface area contributed by atoms with Gasteiger partial charge >= 0.3 is 0 Å². The van der Waals surface area contributed by atoms with E-state index in [2.05, 4.69) is 32.9 Å². The minimum Gasteiger partial charge on any atom is -0.383 e. The Kier molecular flexibility index (Phi) is 3.45. The molecule has 0 radical (unpaired) electrons. The molecule has 1 saturated heterocycles. The van der Waals surface area contributed by atoms with E-state index in [1.807, 2.05) is 5.38 Å². The predicted octanol–water partition coefficient (Wildman–Crippen LogP) is 2.21. The number of rotatable bonds is 1. The monoisotopic (exact) mass is 290 g/mol. The lowest BCUT2D eigenvalue weighted by Crippen LogP contribution is -2.27. The molecule has 0 aliphatic carbocycles. The lowest BCUT2D eigenvalue weighted by atomic mass is 9.96. The van der Waals surface area contributed by atoms with Crippen molar-refractivity contribution in [2.75, 3.05) is 20.1 Å². The van der Waals surface area contributed by atoms with Crippen LogP contribution in [0.15, 0.2) is 9.98 Å². The fourth-order valence-corrected chi connectivity index (χ4v) is 3.35. The summed E-state index contributed by atoms with van der Waals surface area (Å²) in [6.45, 7) is 2.00. The van der Waals surface area contributed by atoms with Gasteiger partial charge in [0.05, 0.1) is 0 Å². The van der Waals surface area contributed by atoms with Gasteiger partial charge in [-0.1, -0.05) is 0 Å². The van der Waals surface area contributed by atoms with Gasteiger partial charge in [-0.15, -0.1) is 11.3 Å². The van der Waals surface area contributed by atoms with Gasteiger partial charge in [-0.3, -0.25) is 0 Å². The minimum absolute atomic E-state index is 0.707. The topological polar surface area (TPSA) is 36.4 Å². The molecule has 5 heteroatoms. The average molecular weight is 291 g/mol. The van der Waals surface area contributed by atoms with E-state index in [1.165, 1.54) is 11.3 Å². The van der Waals surface area contributed by atoms with Gasteiger partial charge in [0, 0.05) is 11.9 Å². The number of likely N-dealkylation sites (tertiary alicyclic amines) is 1. The summed E-state index contributed by atoms with van der Waals surface area (Å²) >= 11 is 4.87. The maximum absolute atomic E-state index is 10.6. The van der Waals surface area contributed by atoms with Crippen LogP contribution in [0.1, 0.15) is 24.3 Å². The van der Waals surface area contributed by atoms with Crippen LogP contribution in [-0.4, -0.2) is 35.1 Å². The third-order valence-electron chi connectivity index (χ3n) is 2.91. The van der Waals surface area contributed by atoms with Gasteiger partial charge in [-0.2, -0.15) is 0 Å². The molecule has 1 fully saturated rings. The van der Waals surface area contributed by atoms with E-state index < -0.39 is 5.60 Å². The van der Waals surface area contributed by atoms with Crippen molar-refractivity contribution in [1.82, 2.24) is 9.88 Å². The smallest absolute Gasteiger partial charge is 0.126 e. The van der Waals surface area contributed by atoms with Crippen molar-refractivity contribution < 1.29 is 5.11 Å². The molecule has 15 heavy (non-hydrogen) atoms. The van der Waals surface area contributed by atoms with E-state index in [4.69, 9.17) is 0 Å². The maximum Gasteiger partial charge on any atom is 0.126 e. The third-order valence-corrected chi connectivity index (χ3v) is 4.66. The zero-order valence-electron chi connectivity index (χ0n) is 8.74. The zero-order chi connectivity index (χ0) is 10.9. The molecule has 1 N–H and O–H groups in total. The Bertz CT molecular complexity index is 344. The molecule has 0 saturated carbocycles. The van der Waals surface area contributed by atoms with Crippen LogP contribution in [0.5, 0.6) is 0 Å². The number of halogens is 1. The molecule has 0 bridgehead atoms. The van der Waals surface area contributed by atoms with Crippen LogP contribution in [0.2, 0.25) is 0 Å².